The van der Waals surface area contributed by atoms with E-state index >= 15 is 0 Å². The van der Waals surface area contributed by atoms with Gasteiger partial charge >= 0.3 is 0 Å². The number of hydrogen-bond acceptors (Lipinski definition) is 5. The number of amides is 1. The molecule has 0 saturated heterocycles. The Kier molecular flexibility index (Phi) is 5.09. The number of nitrogens with one attached hydrogen (secondary N) is 1. The van der Waals surface area contributed by atoms with Crippen molar-refractivity contribution in [3.05, 3.63) is 63.8 Å². The van der Waals surface area contributed by atoms with Crippen molar-refractivity contribution in [2.75, 3.05) is 13.2 Å². The molecule has 144 valence electrons. The molecule has 3 aromatic rings. The van der Waals surface area contributed by atoms with Gasteiger partial charge in [-0.15, -0.1) is 0 Å². The number of halogens is 1. The van der Waals surface area contributed by atoms with E-state index in [0.717, 1.165) is 15.6 Å². The van der Waals surface area contributed by atoms with Crippen LogP contribution < -0.4 is 14.8 Å². The summed E-state index contributed by atoms with van der Waals surface area (Å²) in [7, 11) is 0. The highest BCUT2D eigenvalue weighted by Gasteiger charge is 2.24. The molecule has 4 rings (SSSR count). The lowest BCUT2D eigenvalue weighted by atomic mass is 10.0. The summed E-state index contributed by atoms with van der Waals surface area (Å²) < 4.78 is 17.4. The molecule has 28 heavy (non-hydrogen) atoms. The number of aromatic nitrogens is 1. The molecular weight excluding hydrogens is 424 g/mol. The number of hydrogen-bond donors (Lipinski definition) is 1. The maximum Gasteiger partial charge on any atom is 0.257 e. The van der Waals surface area contributed by atoms with Gasteiger partial charge in [-0.25, -0.2) is 0 Å². The fourth-order valence-electron chi connectivity index (χ4n) is 3.19. The molecule has 1 N–H and O–H groups in total. The maximum absolute atomic E-state index is 13.0. The second kappa shape index (κ2) is 7.67. The highest BCUT2D eigenvalue weighted by atomic mass is 79.9. The molecule has 1 unspecified atom stereocenters. The van der Waals surface area contributed by atoms with E-state index in [1.807, 2.05) is 49.4 Å². The standard InChI is InChI=1S/C21H19BrN2O4/c1-12(15-10-17-18(11-16(15)22)27-9-8-26-17)23-21(25)19-13(2)28-24-20(19)14-6-4-3-5-7-14/h3-7,10-12H,8-9H2,1-2H3,(H,23,25). The number of nitrogens with zero attached hydrogens (tertiary/aromatic N) is 1. The fourth-order valence-corrected chi connectivity index (χ4v) is 3.86. The fraction of sp³-hybridized carbons (Fsp3) is 0.238. The third kappa shape index (κ3) is 3.49. The zero-order valence-corrected chi connectivity index (χ0v) is 17.1. The van der Waals surface area contributed by atoms with Gasteiger partial charge in [-0.3, -0.25) is 4.79 Å². The van der Waals surface area contributed by atoms with Gasteiger partial charge in [0.15, 0.2) is 11.5 Å². The number of carbonyl (C=O) groups excluding carboxylic acids is 1. The summed E-state index contributed by atoms with van der Waals surface area (Å²) >= 11 is 3.56. The summed E-state index contributed by atoms with van der Waals surface area (Å²) in [5.74, 6) is 1.61. The Morgan fingerprint density at radius 3 is 2.54 bits per heavy atom. The van der Waals surface area contributed by atoms with Crippen molar-refractivity contribution in [2.24, 2.45) is 0 Å². The van der Waals surface area contributed by atoms with Gasteiger partial charge in [0.1, 0.15) is 30.2 Å². The van der Waals surface area contributed by atoms with Crippen LogP contribution in [0.15, 0.2) is 51.5 Å². The van der Waals surface area contributed by atoms with Crippen LogP contribution in [0, 0.1) is 6.92 Å². The van der Waals surface area contributed by atoms with Crippen molar-refractivity contribution >= 4 is 21.8 Å². The van der Waals surface area contributed by atoms with Gasteiger partial charge in [-0.2, -0.15) is 0 Å². The molecule has 0 radical (unpaired) electrons. The van der Waals surface area contributed by atoms with Crippen molar-refractivity contribution in [3.8, 4) is 22.8 Å². The maximum atomic E-state index is 13.0. The SMILES string of the molecule is Cc1onc(-c2ccccc2)c1C(=O)NC(C)c1cc2c(cc1Br)OCCO2. The second-order valence-electron chi connectivity index (χ2n) is 6.54. The van der Waals surface area contributed by atoms with Crippen LogP contribution in [0.3, 0.4) is 0 Å². The normalized spacial score (nSPS) is 13.8. The quantitative estimate of drug-likeness (QED) is 0.634. The Balaban J connectivity index is 1.61. The third-order valence-electron chi connectivity index (χ3n) is 4.61. The molecule has 0 bridgehead atoms. The minimum atomic E-state index is -0.268. The Bertz CT molecular complexity index is 1020. The highest BCUT2D eigenvalue weighted by Crippen LogP contribution is 2.38. The highest BCUT2D eigenvalue weighted by molar-refractivity contribution is 9.10. The first kappa shape index (κ1) is 18.6. The van der Waals surface area contributed by atoms with Crippen LogP contribution >= 0.6 is 15.9 Å². The van der Waals surface area contributed by atoms with E-state index < -0.39 is 0 Å². The van der Waals surface area contributed by atoms with Gasteiger partial charge in [0.25, 0.3) is 5.91 Å². The molecule has 1 amide bonds. The van der Waals surface area contributed by atoms with Crippen LogP contribution in [-0.4, -0.2) is 24.3 Å². The van der Waals surface area contributed by atoms with Crippen LogP contribution in [0.25, 0.3) is 11.3 Å². The molecule has 1 aliphatic heterocycles. The molecule has 0 fully saturated rings. The van der Waals surface area contributed by atoms with Gasteiger partial charge in [-0.05, 0) is 31.5 Å². The van der Waals surface area contributed by atoms with Crippen molar-refractivity contribution in [2.45, 2.75) is 19.9 Å². The number of aryl methyl sites for hydroxylation is 1. The zero-order chi connectivity index (χ0) is 19.7. The number of ether oxygens (including phenoxy) is 2. The average Bonchev–Trinajstić information content (AvgIpc) is 3.09. The molecular formula is C21H19BrN2O4. The molecule has 0 saturated carbocycles. The van der Waals surface area contributed by atoms with Crippen LogP contribution in [0.5, 0.6) is 11.5 Å². The van der Waals surface area contributed by atoms with Crippen LogP contribution in [-0.2, 0) is 0 Å². The van der Waals surface area contributed by atoms with E-state index in [-0.39, 0.29) is 11.9 Å². The summed E-state index contributed by atoms with van der Waals surface area (Å²) in [6.07, 6.45) is 0. The van der Waals surface area contributed by atoms with Crippen LogP contribution in [0.2, 0.25) is 0 Å². The molecule has 1 atom stereocenters. The number of benzene rings is 2. The van der Waals surface area contributed by atoms with E-state index in [4.69, 9.17) is 14.0 Å². The average molecular weight is 443 g/mol. The molecule has 2 aromatic carbocycles. The first-order valence-corrected chi connectivity index (χ1v) is 9.75. The van der Waals surface area contributed by atoms with Crippen LogP contribution in [0.1, 0.15) is 34.6 Å². The summed E-state index contributed by atoms with van der Waals surface area (Å²) in [5, 5.41) is 7.11. The summed E-state index contributed by atoms with van der Waals surface area (Å²) in [6.45, 7) is 4.69. The Hall–Kier alpha value is -2.80. The summed E-state index contributed by atoms with van der Waals surface area (Å²) in [4.78, 5) is 13.0. The largest absolute Gasteiger partial charge is 0.486 e. The topological polar surface area (TPSA) is 73.6 Å². The van der Waals surface area contributed by atoms with E-state index in [9.17, 15) is 4.79 Å². The molecule has 2 heterocycles. The van der Waals surface area contributed by atoms with Gasteiger partial charge in [0.2, 0.25) is 0 Å². The molecule has 1 aromatic heterocycles. The van der Waals surface area contributed by atoms with Gasteiger partial charge in [-0.1, -0.05) is 51.4 Å². The molecule has 6 nitrogen and oxygen atoms in total. The minimum absolute atomic E-state index is 0.244. The number of carbonyl (C=O) groups is 1. The predicted octanol–water partition coefficient (Wildman–Crippen LogP) is 4.67. The number of fused-ring (bicyclic) bond motifs is 1. The Morgan fingerprint density at radius 1 is 1.14 bits per heavy atom. The molecule has 1 aliphatic rings. The lowest BCUT2D eigenvalue weighted by molar-refractivity contribution is 0.0938. The third-order valence-corrected chi connectivity index (χ3v) is 5.30. The molecule has 0 aliphatic carbocycles. The van der Waals surface area contributed by atoms with E-state index in [0.29, 0.717) is 41.7 Å². The smallest absolute Gasteiger partial charge is 0.257 e. The summed E-state index contributed by atoms with van der Waals surface area (Å²) in [6, 6.07) is 13.0. The van der Waals surface area contributed by atoms with E-state index in [1.165, 1.54) is 0 Å². The van der Waals surface area contributed by atoms with Gasteiger partial charge in [0, 0.05) is 10.0 Å². The zero-order valence-electron chi connectivity index (χ0n) is 15.5. The molecule has 7 heteroatoms. The van der Waals surface area contributed by atoms with Crippen molar-refractivity contribution < 1.29 is 18.8 Å². The Labute approximate surface area is 171 Å². The van der Waals surface area contributed by atoms with Crippen molar-refractivity contribution in [1.82, 2.24) is 10.5 Å². The first-order valence-electron chi connectivity index (χ1n) is 8.96. The first-order chi connectivity index (χ1) is 13.5. The number of rotatable bonds is 4. The predicted molar refractivity (Wildman–Crippen MR) is 108 cm³/mol. The van der Waals surface area contributed by atoms with Gasteiger partial charge in [0.05, 0.1) is 6.04 Å². The molecule has 0 spiro atoms. The van der Waals surface area contributed by atoms with Gasteiger partial charge < -0.3 is 19.3 Å². The summed E-state index contributed by atoms with van der Waals surface area (Å²) in [5.41, 5.74) is 2.70. The monoisotopic (exact) mass is 442 g/mol. The van der Waals surface area contributed by atoms with Crippen molar-refractivity contribution in [1.29, 1.82) is 0 Å². The second-order valence-corrected chi connectivity index (χ2v) is 7.40. The lowest BCUT2D eigenvalue weighted by Crippen LogP contribution is -2.28. The van der Waals surface area contributed by atoms with Crippen molar-refractivity contribution in [3.63, 3.8) is 0 Å². The lowest BCUT2D eigenvalue weighted by Gasteiger charge is -2.22. The van der Waals surface area contributed by atoms with E-state index in [1.54, 1.807) is 6.92 Å². The van der Waals surface area contributed by atoms with Crippen LogP contribution in [0.4, 0.5) is 0 Å². The van der Waals surface area contributed by atoms with E-state index in [2.05, 4.69) is 26.4 Å². The Morgan fingerprint density at radius 2 is 1.82 bits per heavy atom. The minimum Gasteiger partial charge on any atom is -0.486 e.